The van der Waals surface area contributed by atoms with Gasteiger partial charge >= 0.3 is 0 Å². The maximum atomic E-state index is 13.3. The summed E-state index contributed by atoms with van der Waals surface area (Å²) >= 11 is 1.45. The Morgan fingerprint density at radius 1 is 1.27 bits per heavy atom. The van der Waals surface area contributed by atoms with Gasteiger partial charge in [-0.2, -0.15) is 0 Å². The lowest BCUT2D eigenvalue weighted by molar-refractivity contribution is 0.0981. The smallest absolute Gasteiger partial charge is 0.272 e. The van der Waals surface area contributed by atoms with Crippen molar-refractivity contribution in [1.82, 2.24) is 4.98 Å². The number of methoxy groups -OCH3 is 1. The van der Waals surface area contributed by atoms with Crippen molar-refractivity contribution in [2.45, 2.75) is 33.5 Å². The Morgan fingerprint density at radius 3 is 2.69 bits per heavy atom. The van der Waals surface area contributed by atoms with Crippen molar-refractivity contribution in [3.8, 4) is 0 Å². The van der Waals surface area contributed by atoms with Crippen LogP contribution in [0.3, 0.4) is 0 Å². The number of nitrogens with zero attached hydrogens (tertiary/aromatic N) is 2. The molecular weight excluding hydrogens is 346 g/mol. The van der Waals surface area contributed by atoms with Crippen LogP contribution >= 0.6 is 11.3 Å². The minimum atomic E-state index is -0.146. The van der Waals surface area contributed by atoms with Crippen molar-refractivity contribution in [3.05, 3.63) is 52.0 Å². The van der Waals surface area contributed by atoms with E-state index in [-0.39, 0.29) is 12.1 Å². The Bertz CT molecular complexity index is 994. The zero-order valence-corrected chi connectivity index (χ0v) is 16.1. The Kier molecular flexibility index (Phi) is 4.17. The molecule has 134 valence electrons. The highest BCUT2D eigenvalue weighted by molar-refractivity contribution is 7.21. The normalized spacial score (nSPS) is 16.7. The lowest BCUT2D eigenvalue weighted by Gasteiger charge is -2.34. The van der Waals surface area contributed by atoms with E-state index < -0.39 is 0 Å². The van der Waals surface area contributed by atoms with E-state index in [9.17, 15) is 4.79 Å². The molecule has 1 aliphatic heterocycles. The third-order valence-electron chi connectivity index (χ3n) is 4.64. The van der Waals surface area contributed by atoms with Gasteiger partial charge in [-0.1, -0.05) is 17.7 Å². The molecule has 4 rings (SSSR count). The Labute approximate surface area is 156 Å². The summed E-state index contributed by atoms with van der Waals surface area (Å²) in [6.07, 6.45) is -0.146. The lowest BCUT2D eigenvalue weighted by Crippen LogP contribution is -2.46. The van der Waals surface area contributed by atoms with Gasteiger partial charge in [-0.25, -0.2) is 4.98 Å². The van der Waals surface area contributed by atoms with Gasteiger partial charge in [-0.3, -0.25) is 9.69 Å². The summed E-state index contributed by atoms with van der Waals surface area (Å²) in [5, 5.41) is 4.52. The number of carbonyl (C=O) groups excluding carboxylic acids is 1. The highest BCUT2D eigenvalue weighted by Crippen LogP contribution is 2.42. The largest absolute Gasteiger partial charge is 0.380 e. The summed E-state index contributed by atoms with van der Waals surface area (Å²) in [6, 6.07) is 10.1. The molecule has 0 saturated carbocycles. The van der Waals surface area contributed by atoms with Crippen molar-refractivity contribution in [2.75, 3.05) is 17.3 Å². The fourth-order valence-corrected chi connectivity index (χ4v) is 4.64. The first-order valence-corrected chi connectivity index (χ1v) is 9.40. The van der Waals surface area contributed by atoms with Crippen LogP contribution in [0.5, 0.6) is 0 Å². The fourth-order valence-electron chi connectivity index (χ4n) is 3.48. The minimum Gasteiger partial charge on any atom is -0.380 e. The van der Waals surface area contributed by atoms with Gasteiger partial charge in [0.2, 0.25) is 0 Å². The number of benzene rings is 1. The average Bonchev–Trinajstić information content (AvgIpc) is 2.95. The molecule has 6 heteroatoms. The second-order valence-electron chi connectivity index (χ2n) is 6.67. The number of thiophene rings is 1. The highest BCUT2D eigenvalue weighted by Gasteiger charge is 2.34. The standard InChI is InChI=1S/C20H21N3O2S/c1-11-5-7-15(8-6-11)23-13(3)22-17-16-14(10-25-4)9-12(2)21-19(16)26-18(17)20(23)24/h5-9,13,22H,10H2,1-4H3/t13-/m0/s1. The third-order valence-corrected chi connectivity index (χ3v) is 5.71. The Morgan fingerprint density at radius 2 is 2.00 bits per heavy atom. The maximum Gasteiger partial charge on any atom is 0.272 e. The van der Waals surface area contributed by atoms with Crippen LogP contribution in [0.15, 0.2) is 30.3 Å². The van der Waals surface area contributed by atoms with Gasteiger partial charge in [-0.05, 0) is 44.5 Å². The molecule has 2 aromatic heterocycles. The number of amides is 1. The Hall–Kier alpha value is -2.44. The first-order chi connectivity index (χ1) is 12.5. The lowest BCUT2D eigenvalue weighted by atomic mass is 10.1. The zero-order chi connectivity index (χ0) is 18.4. The van der Waals surface area contributed by atoms with E-state index in [2.05, 4.69) is 10.3 Å². The van der Waals surface area contributed by atoms with E-state index in [1.165, 1.54) is 16.9 Å². The molecule has 3 heterocycles. The summed E-state index contributed by atoms with van der Waals surface area (Å²) in [5.74, 6) is 0.0131. The van der Waals surface area contributed by atoms with E-state index in [0.717, 1.165) is 32.8 Å². The number of aryl methyl sites for hydroxylation is 2. The molecule has 1 atom stereocenters. The van der Waals surface area contributed by atoms with Crippen LogP contribution < -0.4 is 10.2 Å². The highest BCUT2D eigenvalue weighted by atomic mass is 32.1. The number of nitrogens with one attached hydrogen (secondary N) is 1. The first kappa shape index (κ1) is 17.0. The first-order valence-electron chi connectivity index (χ1n) is 8.58. The van der Waals surface area contributed by atoms with Crippen LogP contribution in [0.4, 0.5) is 11.4 Å². The molecule has 0 spiro atoms. The molecule has 26 heavy (non-hydrogen) atoms. The van der Waals surface area contributed by atoms with Gasteiger partial charge in [0.25, 0.3) is 5.91 Å². The molecule has 1 aromatic carbocycles. The molecule has 5 nitrogen and oxygen atoms in total. The molecule has 1 aliphatic rings. The number of pyridine rings is 1. The van der Waals surface area contributed by atoms with Crippen LogP contribution in [0.1, 0.15) is 33.4 Å². The molecule has 3 aromatic rings. The maximum absolute atomic E-state index is 13.3. The third kappa shape index (κ3) is 2.66. The van der Waals surface area contributed by atoms with E-state index >= 15 is 0 Å². The van der Waals surface area contributed by atoms with E-state index in [0.29, 0.717) is 11.5 Å². The van der Waals surface area contributed by atoms with Gasteiger partial charge in [0, 0.05) is 23.9 Å². The molecule has 0 aliphatic carbocycles. The van der Waals surface area contributed by atoms with Gasteiger partial charge in [0.15, 0.2) is 0 Å². The monoisotopic (exact) mass is 367 g/mol. The molecule has 0 saturated heterocycles. The molecule has 0 bridgehead atoms. The molecule has 0 unspecified atom stereocenters. The predicted octanol–water partition coefficient (Wildman–Crippen LogP) is 4.48. The van der Waals surface area contributed by atoms with Gasteiger partial charge in [0.1, 0.15) is 15.9 Å². The average molecular weight is 367 g/mol. The van der Waals surface area contributed by atoms with Crippen LogP contribution in [0, 0.1) is 13.8 Å². The number of hydrogen-bond acceptors (Lipinski definition) is 5. The molecule has 0 radical (unpaired) electrons. The number of carbonyl (C=O) groups is 1. The van der Waals surface area contributed by atoms with Crippen molar-refractivity contribution in [3.63, 3.8) is 0 Å². The number of aromatic nitrogens is 1. The van der Waals surface area contributed by atoms with Crippen LogP contribution in [-0.4, -0.2) is 24.2 Å². The van der Waals surface area contributed by atoms with E-state index in [1.54, 1.807) is 12.0 Å². The van der Waals surface area contributed by atoms with Gasteiger partial charge in [-0.15, -0.1) is 11.3 Å². The van der Waals surface area contributed by atoms with E-state index in [4.69, 9.17) is 4.74 Å². The van der Waals surface area contributed by atoms with Crippen molar-refractivity contribution < 1.29 is 9.53 Å². The van der Waals surface area contributed by atoms with E-state index in [1.807, 2.05) is 51.1 Å². The summed E-state index contributed by atoms with van der Waals surface area (Å²) < 4.78 is 5.36. The number of hydrogen-bond donors (Lipinski definition) is 1. The number of rotatable bonds is 3. The van der Waals surface area contributed by atoms with Crippen LogP contribution in [0.2, 0.25) is 0 Å². The van der Waals surface area contributed by atoms with Crippen molar-refractivity contribution in [1.29, 1.82) is 0 Å². The fraction of sp³-hybridized carbons (Fsp3) is 0.300. The second kappa shape index (κ2) is 6.37. The van der Waals surface area contributed by atoms with Crippen LogP contribution in [0.25, 0.3) is 10.2 Å². The van der Waals surface area contributed by atoms with Crippen molar-refractivity contribution in [2.24, 2.45) is 0 Å². The minimum absolute atomic E-state index is 0.0131. The van der Waals surface area contributed by atoms with Crippen molar-refractivity contribution >= 4 is 38.8 Å². The summed E-state index contributed by atoms with van der Waals surface area (Å²) in [7, 11) is 1.68. The summed E-state index contributed by atoms with van der Waals surface area (Å²) in [4.78, 5) is 21.3. The number of anilines is 2. The van der Waals surface area contributed by atoms with Crippen LogP contribution in [-0.2, 0) is 11.3 Å². The molecule has 1 N–H and O–H groups in total. The quantitative estimate of drug-likeness (QED) is 0.742. The topological polar surface area (TPSA) is 54.5 Å². The summed E-state index contributed by atoms with van der Waals surface area (Å²) in [6.45, 7) is 6.50. The summed E-state index contributed by atoms with van der Waals surface area (Å²) in [5.41, 5.74) is 4.93. The molecular formula is C20H21N3O2S. The SMILES string of the molecule is COCc1cc(C)nc2sc3c(c12)N[C@H](C)N(c1ccc(C)cc1)C3=O. The Balaban J connectivity index is 1.86. The molecule has 1 amide bonds. The second-order valence-corrected chi connectivity index (χ2v) is 7.67. The predicted molar refractivity (Wildman–Crippen MR) is 106 cm³/mol. The van der Waals surface area contributed by atoms with Gasteiger partial charge < -0.3 is 10.1 Å². The number of ether oxygens (including phenoxy) is 1. The number of fused-ring (bicyclic) bond motifs is 3. The van der Waals surface area contributed by atoms with Gasteiger partial charge in [0.05, 0.1) is 12.3 Å². The zero-order valence-electron chi connectivity index (χ0n) is 15.3. The molecule has 0 fully saturated rings.